The van der Waals surface area contributed by atoms with Gasteiger partial charge in [-0.05, 0) is 29.5 Å². The average molecular weight is 317 g/mol. The van der Waals surface area contributed by atoms with E-state index in [1.54, 1.807) is 17.6 Å². The lowest BCUT2D eigenvalue weighted by Gasteiger charge is -2.17. The third-order valence-corrected chi connectivity index (χ3v) is 5.43. The molecule has 0 spiro atoms. The van der Waals surface area contributed by atoms with Crippen molar-refractivity contribution in [3.8, 4) is 10.4 Å². The fourth-order valence-electron chi connectivity index (χ4n) is 3.38. The van der Waals surface area contributed by atoms with E-state index in [-0.39, 0.29) is 11.7 Å². The van der Waals surface area contributed by atoms with Crippen LogP contribution in [0.25, 0.3) is 10.4 Å². The van der Waals surface area contributed by atoms with E-state index in [2.05, 4.69) is 10.3 Å². The Kier molecular flexibility index (Phi) is 3.43. The molecule has 2 fully saturated rings. The van der Waals surface area contributed by atoms with Gasteiger partial charge in [0.2, 0.25) is 0 Å². The fourth-order valence-corrected chi connectivity index (χ4v) is 4.16. The van der Waals surface area contributed by atoms with Crippen LogP contribution in [0.1, 0.15) is 10.5 Å². The number of likely N-dealkylation sites (tertiary alicyclic amines) is 1. The molecule has 0 bridgehead atoms. The van der Waals surface area contributed by atoms with Gasteiger partial charge in [-0.3, -0.25) is 4.79 Å². The van der Waals surface area contributed by atoms with Crippen LogP contribution >= 0.6 is 11.3 Å². The third kappa shape index (κ3) is 2.32. The number of halogens is 1. The van der Waals surface area contributed by atoms with Crippen molar-refractivity contribution >= 4 is 17.2 Å². The summed E-state index contributed by atoms with van der Waals surface area (Å²) in [4.78, 5) is 19.8. The molecule has 0 aliphatic carbocycles. The molecule has 2 aliphatic rings. The normalized spacial score (nSPS) is 23.8. The van der Waals surface area contributed by atoms with Crippen LogP contribution in [-0.4, -0.2) is 42.0 Å². The summed E-state index contributed by atoms with van der Waals surface area (Å²) >= 11 is 1.42. The largest absolute Gasteiger partial charge is 0.337 e. The van der Waals surface area contributed by atoms with Crippen LogP contribution in [0.15, 0.2) is 29.8 Å². The maximum atomic E-state index is 13.1. The van der Waals surface area contributed by atoms with Gasteiger partial charge in [-0.1, -0.05) is 12.1 Å². The van der Waals surface area contributed by atoms with E-state index < -0.39 is 0 Å². The Morgan fingerprint density at radius 2 is 1.91 bits per heavy atom. The van der Waals surface area contributed by atoms with Crippen LogP contribution in [0.5, 0.6) is 0 Å². The Balaban J connectivity index is 1.59. The molecule has 2 aliphatic heterocycles. The minimum Gasteiger partial charge on any atom is -0.337 e. The predicted octanol–water partition coefficient (Wildman–Crippen LogP) is 2.24. The van der Waals surface area contributed by atoms with E-state index in [1.807, 2.05) is 4.90 Å². The molecule has 114 valence electrons. The highest BCUT2D eigenvalue weighted by Gasteiger charge is 2.39. The standard InChI is InChI=1S/C16H16FN3OS/c17-13-3-1-10(2-4-13)15-14(19-9-22-15)16(21)20-7-11-5-18-6-12(11)8-20/h1-4,9,11-12,18H,5-8H2. The second-order valence-electron chi connectivity index (χ2n) is 5.93. The molecular formula is C16H16FN3OS. The number of carbonyl (C=O) groups is 1. The van der Waals surface area contributed by atoms with E-state index in [0.717, 1.165) is 36.6 Å². The summed E-state index contributed by atoms with van der Waals surface area (Å²) in [6, 6.07) is 6.22. The van der Waals surface area contributed by atoms with Crippen LogP contribution in [0.3, 0.4) is 0 Å². The molecular weight excluding hydrogens is 301 g/mol. The smallest absolute Gasteiger partial charge is 0.273 e. The highest BCUT2D eigenvalue weighted by atomic mass is 32.1. The zero-order valence-corrected chi connectivity index (χ0v) is 12.8. The molecule has 3 heterocycles. The number of hydrogen-bond acceptors (Lipinski definition) is 4. The Morgan fingerprint density at radius 3 is 2.59 bits per heavy atom. The van der Waals surface area contributed by atoms with Crippen molar-refractivity contribution in [2.75, 3.05) is 26.2 Å². The lowest BCUT2D eigenvalue weighted by atomic mass is 10.0. The molecule has 1 aromatic carbocycles. The molecule has 2 unspecified atom stereocenters. The summed E-state index contributed by atoms with van der Waals surface area (Å²) in [6.45, 7) is 3.60. The molecule has 2 aromatic rings. The lowest BCUT2D eigenvalue weighted by molar-refractivity contribution is 0.0777. The number of aromatic nitrogens is 1. The first-order valence-corrected chi connectivity index (χ1v) is 8.30. The van der Waals surface area contributed by atoms with Gasteiger partial charge < -0.3 is 10.2 Å². The summed E-state index contributed by atoms with van der Waals surface area (Å²) < 4.78 is 13.1. The average Bonchev–Trinajstić information content (AvgIpc) is 3.22. The van der Waals surface area contributed by atoms with Gasteiger partial charge in [-0.2, -0.15) is 0 Å². The van der Waals surface area contributed by atoms with Crippen molar-refractivity contribution in [1.29, 1.82) is 0 Å². The van der Waals surface area contributed by atoms with E-state index in [1.165, 1.54) is 23.5 Å². The molecule has 2 saturated heterocycles. The predicted molar refractivity (Wildman–Crippen MR) is 83.3 cm³/mol. The quantitative estimate of drug-likeness (QED) is 0.924. The topological polar surface area (TPSA) is 45.2 Å². The SMILES string of the molecule is O=C(c1ncsc1-c1ccc(F)cc1)N1CC2CNCC2C1. The molecule has 0 radical (unpaired) electrons. The van der Waals surface area contributed by atoms with Crippen molar-refractivity contribution in [2.24, 2.45) is 11.8 Å². The second kappa shape index (κ2) is 5.44. The Labute approximate surface area is 132 Å². The Bertz CT molecular complexity index is 688. The van der Waals surface area contributed by atoms with Crippen molar-refractivity contribution < 1.29 is 9.18 Å². The van der Waals surface area contributed by atoms with Crippen LogP contribution in [0.4, 0.5) is 4.39 Å². The molecule has 0 saturated carbocycles. The van der Waals surface area contributed by atoms with E-state index >= 15 is 0 Å². The first-order valence-electron chi connectivity index (χ1n) is 7.42. The highest BCUT2D eigenvalue weighted by molar-refractivity contribution is 7.13. The summed E-state index contributed by atoms with van der Waals surface area (Å²) in [6.07, 6.45) is 0. The first-order chi connectivity index (χ1) is 10.7. The number of nitrogens with zero attached hydrogens (tertiary/aromatic N) is 2. The number of nitrogens with one attached hydrogen (secondary N) is 1. The van der Waals surface area contributed by atoms with Gasteiger partial charge in [-0.25, -0.2) is 9.37 Å². The zero-order chi connectivity index (χ0) is 15.1. The molecule has 22 heavy (non-hydrogen) atoms. The van der Waals surface area contributed by atoms with Gasteiger partial charge in [-0.15, -0.1) is 11.3 Å². The lowest BCUT2D eigenvalue weighted by Crippen LogP contribution is -2.32. The van der Waals surface area contributed by atoms with Crippen molar-refractivity contribution in [3.05, 3.63) is 41.3 Å². The minimum absolute atomic E-state index is 0.00465. The molecule has 6 heteroatoms. The molecule has 4 nitrogen and oxygen atoms in total. The zero-order valence-electron chi connectivity index (χ0n) is 12.0. The molecule has 1 aromatic heterocycles. The molecule has 2 atom stereocenters. The Morgan fingerprint density at radius 1 is 1.23 bits per heavy atom. The van der Waals surface area contributed by atoms with Gasteiger partial charge >= 0.3 is 0 Å². The third-order valence-electron chi connectivity index (χ3n) is 4.55. The van der Waals surface area contributed by atoms with Crippen LogP contribution in [-0.2, 0) is 0 Å². The number of fused-ring (bicyclic) bond motifs is 1. The van der Waals surface area contributed by atoms with Gasteiger partial charge in [0.25, 0.3) is 5.91 Å². The van der Waals surface area contributed by atoms with E-state index in [4.69, 9.17) is 0 Å². The van der Waals surface area contributed by atoms with Crippen LogP contribution < -0.4 is 5.32 Å². The van der Waals surface area contributed by atoms with Gasteiger partial charge in [0.05, 0.1) is 10.4 Å². The maximum Gasteiger partial charge on any atom is 0.273 e. The molecule has 1 amide bonds. The summed E-state index contributed by atoms with van der Waals surface area (Å²) in [5.41, 5.74) is 3.02. The van der Waals surface area contributed by atoms with Crippen molar-refractivity contribution in [3.63, 3.8) is 0 Å². The monoisotopic (exact) mass is 317 g/mol. The number of thiazole rings is 1. The first kappa shape index (κ1) is 13.8. The number of carbonyl (C=O) groups excluding carboxylic acids is 1. The maximum absolute atomic E-state index is 13.1. The number of rotatable bonds is 2. The van der Waals surface area contributed by atoms with E-state index in [0.29, 0.717) is 17.5 Å². The van der Waals surface area contributed by atoms with Gasteiger partial charge in [0.1, 0.15) is 11.5 Å². The summed E-state index contributed by atoms with van der Waals surface area (Å²) in [5, 5.41) is 3.37. The van der Waals surface area contributed by atoms with Crippen LogP contribution in [0, 0.1) is 17.7 Å². The van der Waals surface area contributed by atoms with Crippen molar-refractivity contribution in [1.82, 2.24) is 15.2 Å². The van der Waals surface area contributed by atoms with E-state index in [9.17, 15) is 9.18 Å². The Hall–Kier alpha value is -1.79. The summed E-state index contributed by atoms with van der Waals surface area (Å²) in [7, 11) is 0. The van der Waals surface area contributed by atoms with Gasteiger partial charge in [0.15, 0.2) is 0 Å². The number of benzene rings is 1. The highest BCUT2D eigenvalue weighted by Crippen LogP contribution is 2.32. The summed E-state index contributed by atoms with van der Waals surface area (Å²) in [5.74, 6) is 0.852. The number of amides is 1. The number of hydrogen-bond donors (Lipinski definition) is 1. The minimum atomic E-state index is -0.277. The fraction of sp³-hybridized carbons (Fsp3) is 0.375. The van der Waals surface area contributed by atoms with Crippen LogP contribution in [0.2, 0.25) is 0 Å². The molecule has 4 rings (SSSR count). The molecule has 1 N–H and O–H groups in total. The second-order valence-corrected chi connectivity index (χ2v) is 6.78. The van der Waals surface area contributed by atoms with Gasteiger partial charge in [0, 0.05) is 26.2 Å². The van der Waals surface area contributed by atoms with Crippen molar-refractivity contribution in [2.45, 2.75) is 0 Å².